The number of hydrogen-bond donors (Lipinski definition) is 1. The molecule has 0 bridgehead atoms. The second kappa shape index (κ2) is 6.95. The Balaban J connectivity index is 2.50. The van der Waals surface area contributed by atoms with E-state index >= 15 is 0 Å². The molecule has 0 radical (unpaired) electrons. The lowest BCUT2D eigenvalue weighted by Gasteiger charge is -2.21. The zero-order chi connectivity index (χ0) is 14.5. The average molecular weight is 338 g/mol. The van der Waals surface area contributed by atoms with Crippen LogP contribution in [-0.2, 0) is 6.42 Å². The Morgan fingerprint density at radius 2 is 2.05 bits per heavy atom. The first-order valence-electron chi connectivity index (χ1n) is 6.84. The van der Waals surface area contributed by atoms with Crippen molar-refractivity contribution in [1.29, 1.82) is 0 Å². The van der Waals surface area contributed by atoms with Gasteiger partial charge < -0.3 is 14.5 Å². The van der Waals surface area contributed by atoms with Gasteiger partial charge >= 0.3 is 0 Å². The molecule has 1 atom stereocenters. The fraction of sp³-hybridized carbons (Fsp3) is 0.375. The number of nitrogens with one attached hydrogen (secondary N) is 1. The Morgan fingerprint density at radius 1 is 1.25 bits per heavy atom. The maximum Gasteiger partial charge on any atom is 0.124 e. The fourth-order valence-electron chi connectivity index (χ4n) is 2.42. The maximum absolute atomic E-state index is 5.57. The quantitative estimate of drug-likeness (QED) is 0.852. The van der Waals surface area contributed by atoms with Gasteiger partial charge in [-0.15, -0.1) is 0 Å². The van der Waals surface area contributed by atoms with Crippen molar-refractivity contribution in [3.63, 3.8) is 0 Å². The summed E-state index contributed by atoms with van der Waals surface area (Å²) in [6.45, 7) is 5.07. The fourth-order valence-corrected chi connectivity index (χ4v) is 2.80. The van der Waals surface area contributed by atoms with Crippen molar-refractivity contribution in [3.05, 3.63) is 51.9 Å². The second-order valence-corrected chi connectivity index (χ2v) is 5.45. The molecule has 2 rings (SSSR count). The average Bonchev–Trinajstić information content (AvgIpc) is 2.93. The molecule has 0 saturated heterocycles. The summed E-state index contributed by atoms with van der Waals surface area (Å²) >= 11 is 3.54. The smallest absolute Gasteiger partial charge is 0.124 e. The molecule has 0 saturated carbocycles. The minimum atomic E-state index is 0.0705. The molecule has 0 spiro atoms. The van der Waals surface area contributed by atoms with Gasteiger partial charge in [-0.2, -0.15) is 0 Å². The Bertz CT molecular complexity index is 565. The van der Waals surface area contributed by atoms with E-state index in [2.05, 4.69) is 41.2 Å². The molecule has 0 aliphatic carbocycles. The predicted octanol–water partition coefficient (Wildman–Crippen LogP) is 4.31. The molecule has 20 heavy (non-hydrogen) atoms. The molecule has 2 aromatic rings. The van der Waals surface area contributed by atoms with Gasteiger partial charge in [-0.1, -0.05) is 29.8 Å². The standard InChI is InChI=1S/C16H20BrNO2/c1-4-14-12(8-9-20-14)16(18-5-2)13-10-11(17)6-7-15(13)19-3/h6-10,16,18H,4-5H2,1-3H3. The maximum atomic E-state index is 5.57. The number of ether oxygens (including phenoxy) is 1. The van der Waals surface area contributed by atoms with E-state index in [9.17, 15) is 0 Å². The monoisotopic (exact) mass is 337 g/mol. The van der Waals surface area contributed by atoms with E-state index < -0.39 is 0 Å². The van der Waals surface area contributed by atoms with Crippen molar-refractivity contribution >= 4 is 15.9 Å². The molecule has 108 valence electrons. The van der Waals surface area contributed by atoms with Crippen LogP contribution in [0.1, 0.15) is 36.8 Å². The first kappa shape index (κ1) is 15.1. The van der Waals surface area contributed by atoms with E-state index in [4.69, 9.17) is 9.15 Å². The van der Waals surface area contributed by atoms with E-state index in [1.54, 1.807) is 13.4 Å². The van der Waals surface area contributed by atoms with Gasteiger partial charge in [-0.25, -0.2) is 0 Å². The lowest BCUT2D eigenvalue weighted by Crippen LogP contribution is -2.23. The van der Waals surface area contributed by atoms with Crippen LogP contribution in [0, 0.1) is 0 Å². The summed E-state index contributed by atoms with van der Waals surface area (Å²) in [6, 6.07) is 8.17. The summed E-state index contributed by atoms with van der Waals surface area (Å²) in [6.07, 6.45) is 2.63. The van der Waals surface area contributed by atoms with Crippen LogP contribution in [0.5, 0.6) is 5.75 Å². The van der Waals surface area contributed by atoms with E-state index in [0.717, 1.165) is 34.5 Å². The van der Waals surface area contributed by atoms with Crippen molar-refractivity contribution in [3.8, 4) is 5.75 Å². The van der Waals surface area contributed by atoms with Gasteiger partial charge in [0.15, 0.2) is 0 Å². The van der Waals surface area contributed by atoms with Crippen LogP contribution < -0.4 is 10.1 Å². The van der Waals surface area contributed by atoms with Crippen molar-refractivity contribution < 1.29 is 9.15 Å². The third-order valence-electron chi connectivity index (χ3n) is 3.32. The highest BCUT2D eigenvalue weighted by Gasteiger charge is 2.21. The Kier molecular flexibility index (Phi) is 5.26. The van der Waals surface area contributed by atoms with Crippen molar-refractivity contribution in [2.75, 3.05) is 13.7 Å². The van der Waals surface area contributed by atoms with Crippen LogP contribution in [0.25, 0.3) is 0 Å². The summed E-state index contributed by atoms with van der Waals surface area (Å²) in [5.74, 6) is 1.89. The van der Waals surface area contributed by atoms with E-state index in [1.165, 1.54) is 5.56 Å². The molecule has 1 N–H and O–H groups in total. The molecule has 4 heteroatoms. The zero-order valence-electron chi connectivity index (χ0n) is 12.1. The lowest BCUT2D eigenvalue weighted by atomic mass is 9.97. The highest BCUT2D eigenvalue weighted by molar-refractivity contribution is 9.10. The minimum absolute atomic E-state index is 0.0705. The van der Waals surface area contributed by atoms with Crippen LogP contribution >= 0.6 is 15.9 Å². The number of furan rings is 1. The first-order valence-corrected chi connectivity index (χ1v) is 7.63. The molecule has 1 heterocycles. The third-order valence-corrected chi connectivity index (χ3v) is 3.82. The number of benzene rings is 1. The Morgan fingerprint density at radius 3 is 2.70 bits per heavy atom. The first-order chi connectivity index (χ1) is 9.71. The van der Waals surface area contributed by atoms with Gasteiger partial charge in [0.25, 0.3) is 0 Å². The van der Waals surface area contributed by atoms with Crippen LogP contribution in [0.15, 0.2) is 39.4 Å². The second-order valence-electron chi connectivity index (χ2n) is 4.53. The minimum Gasteiger partial charge on any atom is -0.496 e. The van der Waals surface area contributed by atoms with Gasteiger partial charge in [0.2, 0.25) is 0 Å². The summed E-state index contributed by atoms with van der Waals surface area (Å²) < 4.78 is 12.1. The molecule has 0 aliphatic rings. The topological polar surface area (TPSA) is 34.4 Å². The number of halogens is 1. The number of methoxy groups -OCH3 is 1. The van der Waals surface area contributed by atoms with Crippen LogP contribution in [0.4, 0.5) is 0 Å². The van der Waals surface area contributed by atoms with E-state index in [-0.39, 0.29) is 6.04 Å². The van der Waals surface area contributed by atoms with Crippen LogP contribution in [0.3, 0.4) is 0 Å². The van der Waals surface area contributed by atoms with Gasteiger partial charge in [-0.3, -0.25) is 0 Å². The molecule has 1 unspecified atom stereocenters. The Hall–Kier alpha value is -1.26. The summed E-state index contributed by atoms with van der Waals surface area (Å²) in [7, 11) is 1.70. The van der Waals surface area contributed by atoms with Gasteiger partial charge in [0, 0.05) is 22.0 Å². The SMILES string of the molecule is CCNC(c1cc(Br)ccc1OC)c1ccoc1CC. The van der Waals surface area contributed by atoms with Crippen molar-refractivity contribution in [1.82, 2.24) is 5.32 Å². The number of rotatable bonds is 6. The summed E-state index contributed by atoms with van der Waals surface area (Å²) in [5, 5.41) is 3.52. The number of hydrogen-bond acceptors (Lipinski definition) is 3. The molecule has 1 aromatic carbocycles. The van der Waals surface area contributed by atoms with Gasteiger partial charge in [0.05, 0.1) is 19.4 Å². The molecule has 0 aliphatic heterocycles. The highest BCUT2D eigenvalue weighted by Crippen LogP contribution is 2.34. The summed E-state index contributed by atoms with van der Waals surface area (Å²) in [4.78, 5) is 0. The molecular weight excluding hydrogens is 318 g/mol. The third kappa shape index (κ3) is 3.07. The van der Waals surface area contributed by atoms with E-state index in [0.29, 0.717) is 0 Å². The molecule has 0 amide bonds. The zero-order valence-corrected chi connectivity index (χ0v) is 13.7. The van der Waals surface area contributed by atoms with Crippen molar-refractivity contribution in [2.45, 2.75) is 26.3 Å². The molecule has 1 aromatic heterocycles. The molecule has 3 nitrogen and oxygen atoms in total. The largest absolute Gasteiger partial charge is 0.496 e. The predicted molar refractivity (Wildman–Crippen MR) is 84.3 cm³/mol. The van der Waals surface area contributed by atoms with Crippen LogP contribution in [-0.4, -0.2) is 13.7 Å². The Labute approximate surface area is 128 Å². The normalized spacial score (nSPS) is 12.4. The lowest BCUT2D eigenvalue weighted by molar-refractivity contribution is 0.403. The van der Waals surface area contributed by atoms with Gasteiger partial charge in [0.1, 0.15) is 11.5 Å². The van der Waals surface area contributed by atoms with Gasteiger partial charge in [-0.05, 0) is 30.8 Å². The molecule has 0 fully saturated rings. The summed E-state index contributed by atoms with van der Waals surface area (Å²) in [5.41, 5.74) is 2.28. The van der Waals surface area contributed by atoms with E-state index in [1.807, 2.05) is 18.2 Å². The van der Waals surface area contributed by atoms with Crippen molar-refractivity contribution in [2.24, 2.45) is 0 Å². The molecular formula is C16H20BrNO2. The number of aryl methyl sites for hydroxylation is 1. The van der Waals surface area contributed by atoms with Crippen LogP contribution in [0.2, 0.25) is 0 Å². The highest BCUT2D eigenvalue weighted by atomic mass is 79.9.